The largest absolute Gasteiger partial charge is 0.479 e. The topological polar surface area (TPSA) is 77.8 Å². The van der Waals surface area contributed by atoms with E-state index in [-0.39, 0.29) is 0 Å². The third-order valence-corrected chi connectivity index (χ3v) is 0.752. The molecule has 4 nitrogen and oxygen atoms in total. The molecule has 3 N–H and O–H groups in total. The second-order valence-electron chi connectivity index (χ2n) is 1.16. The van der Waals surface area contributed by atoms with Crippen molar-refractivity contribution < 1.29 is 20.1 Å². The number of aliphatic hydroxyl groups excluding tert-OH is 2. The van der Waals surface area contributed by atoms with Crippen LogP contribution in [-0.2, 0) is 4.79 Å². The van der Waals surface area contributed by atoms with Gasteiger partial charge in [-0.1, -0.05) is 11.6 Å². The van der Waals surface area contributed by atoms with Crippen molar-refractivity contribution in [2.75, 3.05) is 0 Å². The van der Waals surface area contributed by atoms with Gasteiger partial charge in [0.1, 0.15) is 0 Å². The fourth-order valence-electron chi connectivity index (χ4n) is 0.118. The number of halogens is 1. The van der Waals surface area contributed by atoms with Gasteiger partial charge in [0, 0.05) is 0 Å². The van der Waals surface area contributed by atoms with Crippen LogP contribution in [0.5, 0.6) is 0 Å². The predicted octanol–water partition coefficient (Wildman–Crippen LogP) is -1.01. The lowest BCUT2D eigenvalue weighted by Gasteiger charge is -2.03. The van der Waals surface area contributed by atoms with E-state index in [4.69, 9.17) is 26.9 Å². The maximum absolute atomic E-state index is 9.65. The fraction of sp³-hybridized carbons (Fsp3) is 0.667. The summed E-state index contributed by atoms with van der Waals surface area (Å²) < 4.78 is 0. The smallest absolute Gasteiger partial charge is 0.336 e. The minimum Gasteiger partial charge on any atom is -0.479 e. The van der Waals surface area contributed by atoms with Crippen LogP contribution in [0, 0.1) is 0 Å². The lowest BCUT2D eigenvalue weighted by atomic mass is 10.4. The molecule has 2 atom stereocenters. The molecular weight excluding hydrogens is 135 g/mol. The summed E-state index contributed by atoms with van der Waals surface area (Å²) in [5.41, 5.74) is -1.73. The Morgan fingerprint density at radius 2 is 1.88 bits per heavy atom. The number of hydrogen-bond acceptors (Lipinski definition) is 3. The zero-order valence-corrected chi connectivity index (χ0v) is 4.54. The van der Waals surface area contributed by atoms with Crippen LogP contribution in [0.2, 0.25) is 0 Å². The van der Waals surface area contributed by atoms with Crippen LogP contribution >= 0.6 is 11.6 Å². The predicted molar refractivity (Wildman–Crippen MR) is 25.5 cm³/mol. The van der Waals surface area contributed by atoms with Gasteiger partial charge in [0.25, 0.3) is 0 Å². The molecule has 0 amide bonds. The van der Waals surface area contributed by atoms with Gasteiger partial charge in [-0.25, -0.2) is 4.79 Å². The highest BCUT2D eigenvalue weighted by Gasteiger charge is 2.20. The summed E-state index contributed by atoms with van der Waals surface area (Å²) in [4.78, 5) is 9.65. The Bertz CT molecular complexity index is 91.3. The molecule has 48 valence electrons. The van der Waals surface area contributed by atoms with Crippen molar-refractivity contribution >= 4 is 17.6 Å². The van der Waals surface area contributed by atoms with Crippen molar-refractivity contribution in [3.63, 3.8) is 0 Å². The molecule has 0 aliphatic heterocycles. The molecule has 0 aromatic heterocycles. The molecule has 0 aliphatic carbocycles. The van der Waals surface area contributed by atoms with E-state index in [1.54, 1.807) is 0 Å². The Morgan fingerprint density at radius 3 is 1.88 bits per heavy atom. The summed E-state index contributed by atoms with van der Waals surface area (Å²) in [6.45, 7) is 0. The Labute approximate surface area is 50.3 Å². The van der Waals surface area contributed by atoms with Crippen molar-refractivity contribution in [1.29, 1.82) is 0 Å². The summed E-state index contributed by atoms with van der Waals surface area (Å²) in [6, 6.07) is 0. The lowest BCUT2D eigenvalue weighted by Crippen LogP contribution is -2.29. The molecule has 0 rings (SSSR count). The Hall–Kier alpha value is -0.320. The van der Waals surface area contributed by atoms with E-state index in [1.165, 1.54) is 0 Å². The average molecular weight is 141 g/mol. The first-order valence-corrected chi connectivity index (χ1v) is 2.22. The summed E-state index contributed by atoms with van der Waals surface area (Å²) in [6.07, 6.45) is -1.89. The lowest BCUT2D eigenvalue weighted by molar-refractivity contribution is -0.149. The van der Waals surface area contributed by atoms with E-state index in [1.807, 2.05) is 0 Å². The third kappa shape index (κ3) is 2.11. The van der Waals surface area contributed by atoms with Crippen molar-refractivity contribution in [3.8, 4) is 0 Å². The van der Waals surface area contributed by atoms with Crippen LogP contribution < -0.4 is 0 Å². The van der Waals surface area contributed by atoms with Gasteiger partial charge in [0.2, 0.25) is 0 Å². The molecule has 0 saturated carbocycles. The average Bonchev–Trinajstić information content (AvgIpc) is 1.64. The van der Waals surface area contributed by atoms with E-state index < -0.39 is 17.6 Å². The molecule has 0 radical (unpaired) electrons. The van der Waals surface area contributed by atoms with Gasteiger partial charge in [-0.2, -0.15) is 0 Å². The maximum Gasteiger partial charge on any atom is 0.336 e. The first-order chi connectivity index (χ1) is 3.55. The van der Waals surface area contributed by atoms with Crippen LogP contribution in [0.3, 0.4) is 0 Å². The van der Waals surface area contributed by atoms with Gasteiger partial charge in [-0.05, 0) is 0 Å². The van der Waals surface area contributed by atoms with E-state index in [0.29, 0.717) is 0 Å². The van der Waals surface area contributed by atoms with E-state index in [9.17, 15) is 4.79 Å². The van der Waals surface area contributed by atoms with E-state index in [0.717, 1.165) is 0 Å². The fourth-order valence-corrected chi connectivity index (χ4v) is 0.225. The number of hydrogen-bond donors (Lipinski definition) is 3. The number of aliphatic carboxylic acids is 1. The highest BCUT2D eigenvalue weighted by molar-refractivity contribution is 6.21. The SMILES string of the molecule is O=C(O)C(O)C(O)Cl. The van der Waals surface area contributed by atoms with Gasteiger partial charge in [0.15, 0.2) is 11.7 Å². The normalized spacial score (nSPS) is 17.4. The van der Waals surface area contributed by atoms with Gasteiger partial charge in [-0.3, -0.25) is 0 Å². The second kappa shape index (κ2) is 2.86. The number of aliphatic hydroxyl groups is 2. The molecule has 0 aliphatic rings. The number of carboxylic acid groups (broad SMARTS) is 1. The molecule has 0 aromatic carbocycles. The number of rotatable bonds is 2. The zero-order chi connectivity index (χ0) is 6.73. The van der Waals surface area contributed by atoms with Gasteiger partial charge < -0.3 is 15.3 Å². The van der Waals surface area contributed by atoms with Crippen LogP contribution in [0.15, 0.2) is 0 Å². The first-order valence-electron chi connectivity index (χ1n) is 1.78. The van der Waals surface area contributed by atoms with Crippen LogP contribution in [0.1, 0.15) is 0 Å². The van der Waals surface area contributed by atoms with E-state index in [2.05, 4.69) is 0 Å². The second-order valence-corrected chi connectivity index (χ2v) is 1.60. The van der Waals surface area contributed by atoms with Crippen LogP contribution in [0.4, 0.5) is 0 Å². The standard InChI is InChI=1S/C3H5ClO4/c4-2(6)1(5)3(7)8/h1-2,5-6H,(H,7,8). The van der Waals surface area contributed by atoms with Crippen molar-refractivity contribution in [1.82, 2.24) is 0 Å². The van der Waals surface area contributed by atoms with Gasteiger partial charge in [0.05, 0.1) is 0 Å². The first kappa shape index (κ1) is 7.68. The number of carboxylic acids is 1. The molecule has 0 spiro atoms. The number of alkyl halides is 1. The van der Waals surface area contributed by atoms with Gasteiger partial charge in [-0.15, -0.1) is 0 Å². The molecular formula is C3H5ClO4. The van der Waals surface area contributed by atoms with Gasteiger partial charge >= 0.3 is 5.97 Å². The highest BCUT2D eigenvalue weighted by atomic mass is 35.5. The molecule has 0 heterocycles. The van der Waals surface area contributed by atoms with Crippen LogP contribution in [-0.4, -0.2) is 33.0 Å². The Morgan fingerprint density at radius 1 is 1.50 bits per heavy atom. The molecule has 0 bridgehead atoms. The highest BCUT2D eigenvalue weighted by Crippen LogP contribution is 1.96. The van der Waals surface area contributed by atoms with E-state index >= 15 is 0 Å². The molecule has 8 heavy (non-hydrogen) atoms. The maximum atomic E-state index is 9.65. The quantitative estimate of drug-likeness (QED) is 0.430. The summed E-state index contributed by atoms with van der Waals surface area (Å²) >= 11 is 4.75. The Kier molecular flexibility index (Phi) is 2.75. The van der Waals surface area contributed by atoms with Crippen molar-refractivity contribution in [2.24, 2.45) is 0 Å². The Balaban J connectivity index is 3.64. The molecule has 0 fully saturated rings. The minimum absolute atomic E-state index is 1.53. The molecule has 2 unspecified atom stereocenters. The summed E-state index contributed by atoms with van der Waals surface area (Å²) in [5, 5.41) is 24.2. The summed E-state index contributed by atoms with van der Waals surface area (Å²) in [7, 11) is 0. The summed E-state index contributed by atoms with van der Waals surface area (Å²) in [5.74, 6) is -1.53. The third-order valence-electron chi connectivity index (χ3n) is 0.514. The van der Waals surface area contributed by atoms with Crippen molar-refractivity contribution in [2.45, 2.75) is 11.7 Å². The van der Waals surface area contributed by atoms with Crippen LogP contribution in [0.25, 0.3) is 0 Å². The monoisotopic (exact) mass is 140 g/mol. The molecule has 5 heteroatoms. The minimum atomic E-state index is -1.89. The molecule has 0 aromatic rings. The zero-order valence-electron chi connectivity index (χ0n) is 3.78. The number of carbonyl (C=O) groups is 1. The van der Waals surface area contributed by atoms with Crippen molar-refractivity contribution in [3.05, 3.63) is 0 Å². The molecule has 0 saturated heterocycles.